The third-order valence-corrected chi connectivity index (χ3v) is 4.12. The Kier molecular flexibility index (Phi) is 4.42. The van der Waals surface area contributed by atoms with E-state index in [0.29, 0.717) is 17.6 Å². The maximum atomic E-state index is 11.6. The van der Waals surface area contributed by atoms with Crippen LogP contribution in [-0.2, 0) is 6.54 Å². The molecule has 0 aliphatic rings. The maximum absolute atomic E-state index is 11.6. The van der Waals surface area contributed by atoms with Crippen molar-refractivity contribution >= 4 is 29.2 Å². The number of hydrogen-bond acceptors (Lipinski definition) is 5. The van der Waals surface area contributed by atoms with E-state index in [9.17, 15) is 14.8 Å². The van der Waals surface area contributed by atoms with Gasteiger partial charge in [0.2, 0.25) is 0 Å². The van der Waals surface area contributed by atoms with Crippen LogP contribution in [0.1, 0.15) is 11.1 Å². The number of benzene rings is 2. The Labute approximate surface area is 139 Å². The molecule has 0 aliphatic heterocycles. The first-order valence-corrected chi connectivity index (χ1v) is 7.65. The first kappa shape index (κ1) is 16.3. The summed E-state index contributed by atoms with van der Waals surface area (Å²) in [7, 11) is 0.391. The number of nitrogens with zero attached hydrogens (tertiary/aromatic N) is 1. The van der Waals surface area contributed by atoms with Crippen LogP contribution in [0.2, 0.25) is 0 Å². The molecule has 3 aromatic rings. The van der Waals surface area contributed by atoms with Gasteiger partial charge in [-0.05, 0) is 35.6 Å². The molecule has 2 N–H and O–H groups in total. The summed E-state index contributed by atoms with van der Waals surface area (Å²) in [5.74, 6) is 0. The lowest BCUT2D eigenvalue weighted by molar-refractivity contribution is 0.425. The van der Waals surface area contributed by atoms with Gasteiger partial charge in [0, 0.05) is 36.8 Å². The SMILES string of the molecule is Cc1cc(=O)oc2cc(N(C)Cc3ccccc3B(O)O)ccc12. The van der Waals surface area contributed by atoms with Gasteiger partial charge in [0.05, 0.1) is 0 Å². The standard InChI is InChI=1S/C18H18BNO4/c1-12-9-18(21)24-17-10-14(7-8-15(12)17)20(2)11-13-5-3-4-6-16(13)19(22)23/h3-10,22-23H,11H2,1-2H3. The van der Waals surface area contributed by atoms with Gasteiger partial charge in [-0.15, -0.1) is 0 Å². The number of rotatable bonds is 4. The molecule has 0 aliphatic carbocycles. The molecule has 0 unspecified atom stereocenters. The summed E-state index contributed by atoms with van der Waals surface area (Å²) in [4.78, 5) is 13.5. The summed E-state index contributed by atoms with van der Waals surface area (Å²) >= 11 is 0. The third-order valence-electron chi connectivity index (χ3n) is 4.12. The van der Waals surface area contributed by atoms with E-state index < -0.39 is 7.12 Å². The predicted molar refractivity (Wildman–Crippen MR) is 95.6 cm³/mol. The van der Waals surface area contributed by atoms with Crippen LogP contribution in [-0.4, -0.2) is 24.2 Å². The first-order chi connectivity index (χ1) is 11.5. The summed E-state index contributed by atoms with van der Waals surface area (Å²) in [6, 6.07) is 14.3. The van der Waals surface area contributed by atoms with E-state index in [1.165, 1.54) is 6.07 Å². The Hall–Kier alpha value is -2.57. The van der Waals surface area contributed by atoms with Gasteiger partial charge in [-0.1, -0.05) is 24.3 Å². The van der Waals surface area contributed by atoms with Crippen LogP contribution >= 0.6 is 0 Å². The van der Waals surface area contributed by atoms with Crippen LogP contribution in [0.3, 0.4) is 0 Å². The highest BCUT2D eigenvalue weighted by molar-refractivity contribution is 6.59. The van der Waals surface area contributed by atoms with Crippen LogP contribution in [0, 0.1) is 6.92 Å². The number of anilines is 1. The van der Waals surface area contributed by atoms with E-state index in [1.807, 2.05) is 49.2 Å². The summed E-state index contributed by atoms with van der Waals surface area (Å²) < 4.78 is 5.28. The van der Waals surface area contributed by atoms with E-state index in [2.05, 4.69) is 0 Å². The molecule has 1 heterocycles. The highest BCUT2D eigenvalue weighted by Crippen LogP contribution is 2.23. The lowest BCUT2D eigenvalue weighted by atomic mass is 9.77. The molecule has 0 amide bonds. The zero-order valence-electron chi connectivity index (χ0n) is 13.6. The van der Waals surface area contributed by atoms with Crippen molar-refractivity contribution in [2.24, 2.45) is 0 Å². The van der Waals surface area contributed by atoms with Gasteiger partial charge >= 0.3 is 12.7 Å². The molecule has 0 radical (unpaired) electrons. The highest BCUT2D eigenvalue weighted by atomic mass is 16.4. The average molecular weight is 323 g/mol. The minimum absolute atomic E-state index is 0.367. The monoisotopic (exact) mass is 323 g/mol. The highest BCUT2D eigenvalue weighted by Gasteiger charge is 2.16. The molecule has 0 fully saturated rings. The first-order valence-electron chi connectivity index (χ1n) is 7.65. The average Bonchev–Trinajstić information content (AvgIpc) is 2.54. The summed E-state index contributed by atoms with van der Waals surface area (Å²) in [6.45, 7) is 2.37. The van der Waals surface area contributed by atoms with Crippen molar-refractivity contribution in [3.8, 4) is 0 Å². The van der Waals surface area contributed by atoms with Crippen LogP contribution in [0.5, 0.6) is 0 Å². The van der Waals surface area contributed by atoms with Gasteiger partial charge in [0.1, 0.15) is 5.58 Å². The Morgan fingerprint density at radius 2 is 1.88 bits per heavy atom. The van der Waals surface area contributed by atoms with Gasteiger partial charge in [-0.25, -0.2) is 4.79 Å². The second-order valence-electron chi connectivity index (χ2n) is 5.86. The number of aryl methyl sites for hydroxylation is 1. The van der Waals surface area contributed by atoms with Crippen molar-refractivity contribution in [3.05, 3.63) is 70.1 Å². The van der Waals surface area contributed by atoms with Gasteiger partial charge in [0.25, 0.3) is 0 Å². The molecular formula is C18H18BNO4. The lowest BCUT2D eigenvalue weighted by Gasteiger charge is -2.21. The predicted octanol–water partition coefficient (Wildman–Crippen LogP) is 1.42. The molecule has 24 heavy (non-hydrogen) atoms. The van der Waals surface area contributed by atoms with E-state index in [0.717, 1.165) is 22.2 Å². The molecule has 0 bridgehead atoms. The Morgan fingerprint density at radius 1 is 1.12 bits per heavy atom. The summed E-state index contributed by atoms with van der Waals surface area (Å²) in [6.07, 6.45) is 0. The van der Waals surface area contributed by atoms with Crippen LogP contribution in [0.4, 0.5) is 5.69 Å². The lowest BCUT2D eigenvalue weighted by Crippen LogP contribution is -2.35. The second-order valence-corrected chi connectivity index (χ2v) is 5.86. The normalized spacial score (nSPS) is 10.8. The van der Waals surface area contributed by atoms with Crippen molar-refractivity contribution in [2.75, 3.05) is 11.9 Å². The zero-order chi connectivity index (χ0) is 17.3. The molecule has 1 aromatic heterocycles. The van der Waals surface area contributed by atoms with Crippen molar-refractivity contribution in [3.63, 3.8) is 0 Å². The fraction of sp³-hybridized carbons (Fsp3) is 0.167. The molecule has 0 atom stereocenters. The van der Waals surface area contributed by atoms with E-state index in [4.69, 9.17) is 4.42 Å². The molecule has 0 spiro atoms. The molecular weight excluding hydrogens is 305 g/mol. The molecule has 122 valence electrons. The minimum Gasteiger partial charge on any atom is -0.423 e. The zero-order valence-corrected chi connectivity index (χ0v) is 13.6. The van der Waals surface area contributed by atoms with Crippen molar-refractivity contribution < 1.29 is 14.5 Å². The Bertz CT molecular complexity index is 936. The van der Waals surface area contributed by atoms with Crippen molar-refractivity contribution in [2.45, 2.75) is 13.5 Å². The van der Waals surface area contributed by atoms with Gasteiger partial charge < -0.3 is 19.4 Å². The van der Waals surface area contributed by atoms with Crippen LogP contribution in [0.15, 0.2) is 57.7 Å². The molecule has 3 rings (SSSR count). The summed E-state index contributed by atoms with van der Waals surface area (Å²) in [5.41, 5.74) is 3.23. The smallest absolute Gasteiger partial charge is 0.423 e. The van der Waals surface area contributed by atoms with E-state index >= 15 is 0 Å². The van der Waals surface area contributed by atoms with Crippen molar-refractivity contribution in [1.82, 2.24) is 0 Å². The fourth-order valence-corrected chi connectivity index (χ4v) is 2.83. The quantitative estimate of drug-likeness (QED) is 0.561. The fourth-order valence-electron chi connectivity index (χ4n) is 2.83. The van der Waals surface area contributed by atoms with Crippen molar-refractivity contribution in [1.29, 1.82) is 0 Å². The molecule has 0 saturated carbocycles. The second kappa shape index (κ2) is 6.51. The molecule has 0 saturated heterocycles. The summed E-state index contributed by atoms with van der Waals surface area (Å²) in [5, 5.41) is 19.9. The maximum Gasteiger partial charge on any atom is 0.488 e. The molecule has 2 aromatic carbocycles. The molecule has 5 nitrogen and oxygen atoms in total. The largest absolute Gasteiger partial charge is 0.488 e. The third kappa shape index (κ3) is 3.20. The van der Waals surface area contributed by atoms with E-state index in [-0.39, 0.29) is 5.63 Å². The van der Waals surface area contributed by atoms with Gasteiger partial charge in [-0.2, -0.15) is 0 Å². The van der Waals surface area contributed by atoms with Gasteiger partial charge in [0.15, 0.2) is 0 Å². The topological polar surface area (TPSA) is 73.9 Å². The Balaban J connectivity index is 1.95. The van der Waals surface area contributed by atoms with Crippen LogP contribution in [0.25, 0.3) is 11.0 Å². The van der Waals surface area contributed by atoms with Gasteiger partial charge in [-0.3, -0.25) is 0 Å². The number of fused-ring (bicyclic) bond motifs is 1. The Morgan fingerprint density at radius 3 is 2.62 bits per heavy atom. The number of hydrogen-bond donors (Lipinski definition) is 2. The van der Waals surface area contributed by atoms with Crippen LogP contribution < -0.4 is 16.0 Å². The van der Waals surface area contributed by atoms with E-state index in [1.54, 1.807) is 12.1 Å². The minimum atomic E-state index is -1.51. The molecule has 6 heteroatoms.